The molecule has 12 heavy (non-hydrogen) atoms. The largest absolute Gasteiger partial charge is 0.429 e. The van der Waals surface area contributed by atoms with Crippen molar-refractivity contribution >= 4 is 46.5 Å². The summed E-state index contributed by atoms with van der Waals surface area (Å²) in [6.45, 7) is 0. The van der Waals surface area contributed by atoms with Gasteiger partial charge in [-0.3, -0.25) is 0 Å². The normalized spacial score (nSPS) is 10.8. The van der Waals surface area contributed by atoms with Crippen molar-refractivity contribution in [3.8, 4) is 0 Å². The maximum atomic E-state index is 5.77. The summed E-state index contributed by atoms with van der Waals surface area (Å²) in [5.74, 6) is 0. The SMILES string of the molecule is S=c1[nH]c2cc(Cl)c(Cl)cc2o1. The van der Waals surface area contributed by atoms with Crippen LogP contribution in [0.4, 0.5) is 0 Å². The van der Waals surface area contributed by atoms with E-state index in [-0.39, 0.29) is 0 Å². The van der Waals surface area contributed by atoms with Gasteiger partial charge in [-0.25, -0.2) is 0 Å². The van der Waals surface area contributed by atoms with Gasteiger partial charge in [0.2, 0.25) is 0 Å². The third kappa shape index (κ3) is 1.24. The van der Waals surface area contributed by atoms with E-state index >= 15 is 0 Å². The molecule has 0 aliphatic carbocycles. The smallest absolute Gasteiger partial charge is 0.266 e. The van der Waals surface area contributed by atoms with Gasteiger partial charge in [0.05, 0.1) is 15.6 Å². The highest BCUT2D eigenvalue weighted by molar-refractivity contribution is 7.71. The van der Waals surface area contributed by atoms with Gasteiger partial charge in [-0.2, -0.15) is 0 Å². The molecule has 2 rings (SSSR count). The highest BCUT2D eigenvalue weighted by atomic mass is 35.5. The van der Waals surface area contributed by atoms with Crippen molar-refractivity contribution in [1.82, 2.24) is 4.98 Å². The molecule has 0 unspecified atom stereocenters. The van der Waals surface area contributed by atoms with Crippen LogP contribution >= 0.6 is 35.4 Å². The third-order valence-corrected chi connectivity index (χ3v) is 2.37. The molecule has 1 heterocycles. The van der Waals surface area contributed by atoms with Crippen molar-refractivity contribution in [2.45, 2.75) is 0 Å². The summed E-state index contributed by atoms with van der Waals surface area (Å²) in [6, 6.07) is 3.31. The van der Waals surface area contributed by atoms with Gasteiger partial charge >= 0.3 is 0 Å². The van der Waals surface area contributed by atoms with Gasteiger partial charge in [-0.1, -0.05) is 23.2 Å². The monoisotopic (exact) mass is 219 g/mol. The summed E-state index contributed by atoms with van der Waals surface area (Å²) in [5.41, 5.74) is 1.38. The van der Waals surface area contributed by atoms with Crippen LogP contribution in [0.2, 0.25) is 10.0 Å². The average molecular weight is 220 g/mol. The summed E-state index contributed by atoms with van der Waals surface area (Å²) in [6.07, 6.45) is 0. The van der Waals surface area contributed by atoms with Crippen LogP contribution in [-0.4, -0.2) is 4.98 Å². The van der Waals surface area contributed by atoms with E-state index in [0.717, 1.165) is 5.52 Å². The number of benzene rings is 1. The van der Waals surface area contributed by atoms with E-state index in [4.69, 9.17) is 39.8 Å². The summed E-state index contributed by atoms with van der Waals surface area (Å²) in [4.78, 5) is 3.15. The van der Waals surface area contributed by atoms with E-state index in [0.29, 0.717) is 20.5 Å². The van der Waals surface area contributed by atoms with Crippen molar-refractivity contribution in [3.05, 3.63) is 27.0 Å². The van der Waals surface area contributed by atoms with Crippen molar-refractivity contribution in [2.24, 2.45) is 0 Å². The molecule has 5 heteroatoms. The van der Waals surface area contributed by atoms with Gasteiger partial charge in [-0.15, -0.1) is 0 Å². The molecule has 0 spiro atoms. The summed E-state index contributed by atoms with van der Waals surface area (Å²) < 4.78 is 5.12. The molecule has 0 radical (unpaired) electrons. The lowest BCUT2D eigenvalue weighted by Gasteiger charge is -1.92. The standard InChI is InChI=1S/C7H3Cl2NOS/c8-3-1-5-6(2-4(3)9)11-7(12)10-5/h1-2H,(H,10,12). The Morgan fingerprint density at radius 2 is 1.92 bits per heavy atom. The minimum Gasteiger partial charge on any atom is -0.429 e. The van der Waals surface area contributed by atoms with Crippen LogP contribution < -0.4 is 0 Å². The Balaban J connectivity index is 2.92. The zero-order chi connectivity index (χ0) is 8.72. The second kappa shape index (κ2) is 2.76. The molecule has 0 saturated heterocycles. The topological polar surface area (TPSA) is 28.9 Å². The second-order valence-corrected chi connectivity index (χ2v) is 3.46. The first-order chi connectivity index (χ1) is 5.66. The molecule has 0 aliphatic rings. The van der Waals surface area contributed by atoms with Crippen LogP contribution in [-0.2, 0) is 0 Å². The van der Waals surface area contributed by atoms with E-state index in [1.807, 2.05) is 0 Å². The van der Waals surface area contributed by atoms with Crippen LogP contribution in [0.5, 0.6) is 0 Å². The number of hydrogen-bond donors (Lipinski definition) is 1. The first-order valence-electron chi connectivity index (χ1n) is 3.15. The van der Waals surface area contributed by atoms with Crippen molar-refractivity contribution in [3.63, 3.8) is 0 Å². The quantitative estimate of drug-likeness (QED) is 0.684. The number of aromatic nitrogens is 1. The summed E-state index contributed by atoms with van der Waals surface area (Å²) in [5, 5.41) is 0.943. The van der Waals surface area contributed by atoms with Gasteiger partial charge in [0, 0.05) is 6.07 Å². The summed E-state index contributed by atoms with van der Waals surface area (Å²) in [7, 11) is 0. The molecule has 0 aliphatic heterocycles. The highest BCUT2D eigenvalue weighted by Gasteiger charge is 2.03. The predicted octanol–water partition coefficient (Wildman–Crippen LogP) is 3.80. The number of aromatic amines is 1. The molecule has 0 atom stereocenters. The Bertz CT molecular complexity index is 446. The van der Waals surface area contributed by atoms with Gasteiger partial charge in [0.15, 0.2) is 5.58 Å². The Kier molecular flexibility index (Phi) is 1.87. The number of rotatable bonds is 0. The van der Waals surface area contributed by atoms with Crippen molar-refractivity contribution < 1.29 is 4.42 Å². The maximum absolute atomic E-state index is 5.77. The van der Waals surface area contributed by atoms with E-state index in [1.54, 1.807) is 12.1 Å². The maximum Gasteiger partial charge on any atom is 0.266 e. The molecule has 1 aromatic heterocycles. The zero-order valence-electron chi connectivity index (χ0n) is 5.73. The van der Waals surface area contributed by atoms with Crippen LogP contribution in [0.1, 0.15) is 0 Å². The molecular formula is C7H3Cl2NOS. The number of oxazole rings is 1. The fraction of sp³-hybridized carbons (Fsp3) is 0. The first-order valence-corrected chi connectivity index (χ1v) is 4.31. The van der Waals surface area contributed by atoms with Crippen molar-refractivity contribution in [2.75, 3.05) is 0 Å². The number of fused-ring (bicyclic) bond motifs is 1. The van der Waals surface area contributed by atoms with Gasteiger partial charge in [-0.05, 0) is 18.3 Å². The van der Waals surface area contributed by atoms with Crippen LogP contribution in [0.3, 0.4) is 0 Å². The highest BCUT2D eigenvalue weighted by Crippen LogP contribution is 2.27. The molecule has 0 fully saturated rings. The molecule has 0 saturated carbocycles. The van der Waals surface area contributed by atoms with Crippen LogP contribution in [0.15, 0.2) is 16.5 Å². The minimum absolute atomic E-state index is 0.323. The van der Waals surface area contributed by atoms with Crippen LogP contribution in [0, 0.1) is 4.84 Å². The van der Waals surface area contributed by atoms with E-state index in [2.05, 4.69) is 4.98 Å². The number of nitrogens with one attached hydrogen (secondary N) is 1. The first kappa shape index (κ1) is 8.10. The van der Waals surface area contributed by atoms with E-state index < -0.39 is 0 Å². The minimum atomic E-state index is 0.323. The van der Waals surface area contributed by atoms with Gasteiger partial charge in [0.25, 0.3) is 4.84 Å². The number of hydrogen-bond acceptors (Lipinski definition) is 2. The molecule has 0 amide bonds. The Labute approximate surface area is 83.1 Å². The van der Waals surface area contributed by atoms with Crippen LogP contribution in [0.25, 0.3) is 11.1 Å². The fourth-order valence-electron chi connectivity index (χ4n) is 0.946. The van der Waals surface area contributed by atoms with Gasteiger partial charge < -0.3 is 9.40 Å². The molecule has 1 aromatic carbocycles. The molecule has 2 aromatic rings. The molecule has 0 bridgehead atoms. The second-order valence-electron chi connectivity index (χ2n) is 2.28. The Morgan fingerprint density at radius 1 is 1.25 bits per heavy atom. The predicted molar refractivity (Wildman–Crippen MR) is 51.4 cm³/mol. The molecular weight excluding hydrogens is 217 g/mol. The van der Waals surface area contributed by atoms with Gasteiger partial charge in [0.1, 0.15) is 0 Å². The fourth-order valence-corrected chi connectivity index (χ4v) is 1.46. The van der Waals surface area contributed by atoms with Crippen molar-refractivity contribution in [1.29, 1.82) is 0 Å². The Hall–Kier alpha value is -0.510. The Morgan fingerprint density at radius 3 is 2.67 bits per heavy atom. The lowest BCUT2D eigenvalue weighted by Crippen LogP contribution is -1.70. The lowest BCUT2D eigenvalue weighted by molar-refractivity contribution is 0.583. The molecule has 62 valence electrons. The van der Waals surface area contributed by atoms with E-state index in [1.165, 1.54) is 0 Å². The summed E-state index contributed by atoms with van der Waals surface area (Å²) >= 11 is 16.3. The zero-order valence-corrected chi connectivity index (χ0v) is 8.06. The number of H-pyrrole nitrogens is 1. The third-order valence-electron chi connectivity index (χ3n) is 1.46. The molecule has 1 N–H and O–H groups in total. The number of halogens is 2. The lowest BCUT2D eigenvalue weighted by atomic mass is 10.3. The van der Waals surface area contributed by atoms with E-state index in [9.17, 15) is 0 Å². The molecule has 2 nitrogen and oxygen atoms in total. The average Bonchev–Trinajstić information content (AvgIpc) is 2.30.